The number of hydrogen-bond acceptors (Lipinski definition) is 9. The van der Waals surface area contributed by atoms with Crippen LogP contribution in [-0.2, 0) is 21.1 Å². The molecule has 1 atom stereocenters. The molecule has 4 rings (SSSR count). The van der Waals surface area contributed by atoms with Crippen molar-refractivity contribution >= 4 is 28.8 Å². The molecule has 1 fully saturated rings. The number of nitrogens with zero attached hydrogens (tertiary/aromatic N) is 3. The van der Waals surface area contributed by atoms with E-state index in [2.05, 4.69) is 20.1 Å². The van der Waals surface area contributed by atoms with E-state index in [1.807, 2.05) is 0 Å². The van der Waals surface area contributed by atoms with E-state index in [0.29, 0.717) is 32.7 Å². The highest BCUT2D eigenvalue weighted by Crippen LogP contribution is 2.22. The highest BCUT2D eigenvalue weighted by atomic mass is 19.1. The lowest BCUT2D eigenvalue weighted by molar-refractivity contribution is -0.242. The first-order chi connectivity index (χ1) is 16.4. The van der Waals surface area contributed by atoms with Gasteiger partial charge in [0.1, 0.15) is 11.2 Å². The molecule has 2 N–H and O–H groups in total. The van der Waals surface area contributed by atoms with Gasteiger partial charge >= 0.3 is 11.9 Å². The van der Waals surface area contributed by atoms with Crippen LogP contribution in [0, 0.1) is 5.82 Å². The Balaban J connectivity index is 1.60. The number of aromatic nitrogens is 2. The second-order valence-corrected chi connectivity index (χ2v) is 7.65. The monoisotopic (exact) mass is 470 g/mol. The van der Waals surface area contributed by atoms with Gasteiger partial charge in [0.05, 0.1) is 5.39 Å². The van der Waals surface area contributed by atoms with Crippen molar-refractivity contribution in [3.8, 4) is 0 Å². The fourth-order valence-electron chi connectivity index (χ4n) is 3.70. The summed E-state index contributed by atoms with van der Waals surface area (Å²) in [6.45, 7) is 4.59. The van der Waals surface area contributed by atoms with Gasteiger partial charge in [-0.15, -0.1) is 0 Å². The molecule has 34 heavy (non-hydrogen) atoms. The molecule has 0 radical (unpaired) electrons. The molecule has 0 spiro atoms. The van der Waals surface area contributed by atoms with Crippen LogP contribution in [0.5, 0.6) is 0 Å². The summed E-state index contributed by atoms with van der Waals surface area (Å²) in [5, 5.41) is 13.1. The van der Waals surface area contributed by atoms with Crippen molar-refractivity contribution in [2.24, 2.45) is 0 Å². The SMILES string of the molecule is CCn1cc(C(=O)OOC(=O)C(O)c2ccccc2)c(=O)c2cc(F)c(N3CCNCC3)nc21. The van der Waals surface area contributed by atoms with E-state index in [4.69, 9.17) is 0 Å². The van der Waals surface area contributed by atoms with Gasteiger partial charge in [-0.05, 0) is 18.6 Å². The van der Waals surface area contributed by atoms with Crippen LogP contribution in [-0.4, -0.2) is 52.8 Å². The molecular formula is C23H23FN4O6. The molecule has 11 heteroatoms. The molecule has 0 aliphatic carbocycles. The van der Waals surface area contributed by atoms with E-state index in [1.165, 1.54) is 22.9 Å². The summed E-state index contributed by atoms with van der Waals surface area (Å²) >= 11 is 0. The Morgan fingerprint density at radius 3 is 2.59 bits per heavy atom. The predicted octanol–water partition coefficient (Wildman–Crippen LogP) is 1.31. The number of carbonyl (C=O) groups is 2. The maximum atomic E-state index is 14.9. The van der Waals surface area contributed by atoms with Crippen LogP contribution in [0.25, 0.3) is 11.0 Å². The van der Waals surface area contributed by atoms with Crippen LogP contribution in [0.4, 0.5) is 10.2 Å². The Labute approximate surface area is 193 Å². The van der Waals surface area contributed by atoms with E-state index in [9.17, 15) is 23.9 Å². The summed E-state index contributed by atoms with van der Waals surface area (Å²) in [6.07, 6.45) is -0.458. The number of rotatable bonds is 5. The lowest BCUT2D eigenvalue weighted by atomic mass is 10.1. The smallest absolute Gasteiger partial charge is 0.377 e. The first kappa shape index (κ1) is 23.3. The second kappa shape index (κ2) is 9.98. The minimum atomic E-state index is -1.68. The van der Waals surface area contributed by atoms with Crippen molar-refractivity contribution in [2.45, 2.75) is 19.6 Å². The van der Waals surface area contributed by atoms with E-state index < -0.39 is 34.9 Å². The maximum Gasteiger partial charge on any atom is 0.391 e. The van der Waals surface area contributed by atoms with Crippen LogP contribution >= 0.6 is 0 Å². The zero-order chi connectivity index (χ0) is 24.2. The summed E-state index contributed by atoms with van der Waals surface area (Å²) in [5.74, 6) is -3.04. The van der Waals surface area contributed by atoms with Gasteiger partial charge < -0.3 is 19.9 Å². The molecule has 3 aromatic rings. The number of nitrogens with one attached hydrogen (secondary N) is 1. The standard InChI is InChI=1S/C23H23FN4O6/c1-2-27-13-16(22(31)33-34-23(32)18(29)14-6-4-3-5-7-14)19(30)15-12-17(24)21(26-20(15)27)28-10-8-25-9-11-28/h3-7,12-13,18,25,29H,2,8-11H2,1H3. The second-order valence-electron chi connectivity index (χ2n) is 7.65. The summed E-state index contributed by atoms with van der Waals surface area (Å²) in [5.41, 5.74) is -0.824. The molecule has 178 valence electrons. The first-order valence-corrected chi connectivity index (χ1v) is 10.8. The molecule has 0 saturated carbocycles. The van der Waals surface area contributed by atoms with Gasteiger partial charge in [0.15, 0.2) is 17.7 Å². The van der Waals surface area contributed by atoms with Crippen LogP contribution in [0.3, 0.4) is 0 Å². The van der Waals surface area contributed by atoms with Gasteiger partial charge in [0, 0.05) is 38.9 Å². The summed E-state index contributed by atoms with van der Waals surface area (Å²) in [4.78, 5) is 52.6. The molecule has 2 aromatic heterocycles. The van der Waals surface area contributed by atoms with Gasteiger partial charge in [-0.2, -0.15) is 0 Å². The zero-order valence-electron chi connectivity index (χ0n) is 18.4. The fourth-order valence-corrected chi connectivity index (χ4v) is 3.70. The first-order valence-electron chi connectivity index (χ1n) is 10.8. The van der Waals surface area contributed by atoms with Crippen LogP contribution in [0.2, 0.25) is 0 Å². The molecule has 1 aliphatic heterocycles. The van der Waals surface area contributed by atoms with Gasteiger partial charge in [-0.1, -0.05) is 30.3 Å². The van der Waals surface area contributed by atoms with E-state index in [0.717, 1.165) is 6.07 Å². The topological polar surface area (TPSA) is 123 Å². The number of piperazine rings is 1. The van der Waals surface area contributed by atoms with Crippen molar-refractivity contribution in [2.75, 3.05) is 31.1 Å². The quantitative estimate of drug-likeness (QED) is 0.420. The minimum Gasteiger partial charge on any atom is -0.377 e. The summed E-state index contributed by atoms with van der Waals surface area (Å²) < 4.78 is 16.4. The highest BCUT2D eigenvalue weighted by Gasteiger charge is 2.25. The van der Waals surface area contributed by atoms with Gasteiger partial charge in [-0.3, -0.25) is 4.79 Å². The van der Waals surface area contributed by atoms with E-state index in [1.54, 1.807) is 30.0 Å². The van der Waals surface area contributed by atoms with Crippen molar-refractivity contribution in [1.82, 2.24) is 14.9 Å². The van der Waals surface area contributed by atoms with E-state index in [-0.39, 0.29) is 22.4 Å². The largest absolute Gasteiger partial charge is 0.391 e. The Bertz CT molecular complexity index is 1270. The number of aliphatic hydroxyl groups excluding tert-OH is 1. The normalized spacial score (nSPS) is 14.6. The predicted molar refractivity (Wildman–Crippen MR) is 120 cm³/mol. The van der Waals surface area contributed by atoms with Crippen LogP contribution in [0.15, 0.2) is 47.4 Å². The summed E-state index contributed by atoms with van der Waals surface area (Å²) in [6, 6.07) is 8.96. The average Bonchev–Trinajstić information content (AvgIpc) is 2.88. The molecular weight excluding hydrogens is 447 g/mol. The number of benzene rings is 1. The Morgan fingerprint density at radius 1 is 1.21 bits per heavy atom. The number of fused-ring (bicyclic) bond motifs is 1. The third-order valence-corrected chi connectivity index (χ3v) is 5.50. The molecule has 1 aliphatic rings. The maximum absolute atomic E-state index is 14.9. The van der Waals surface area contributed by atoms with Crippen molar-refractivity contribution in [1.29, 1.82) is 0 Å². The van der Waals surface area contributed by atoms with Crippen LogP contribution < -0.4 is 15.6 Å². The molecule has 3 heterocycles. The Kier molecular flexibility index (Phi) is 6.85. The van der Waals surface area contributed by atoms with Crippen molar-refractivity contribution in [3.63, 3.8) is 0 Å². The number of aliphatic hydroxyl groups is 1. The molecule has 0 amide bonds. The van der Waals surface area contributed by atoms with Crippen molar-refractivity contribution in [3.05, 3.63) is 69.8 Å². The molecule has 1 aromatic carbocycles. The number of halogens is 1. The number of carbonyl (C=O) groups excluding carboxylic acids is 2. The van der Waals surface area contributed by atoms with Gasteiger partial charge in [-0.25, -0.2) is 28.7 Å². The zero-order valence-corrected chi connectivity index (χ0v) is 18.4. The number of hydrogen-bond donors (Lipinski definition) is 2. The summed E-state index contributed by atoms with van der Waals surface area (Å²) in [7, 11) is 0. The lowest BCUT2D eigenvalue weighted by Gasteiger charge is -2.29. The number of aryl methyl sites for hydroxylation is 1. The molecule has 1 unspecified atom stereocenters. The number of anilines is 1. The lowest BCUT2D eigenvalue weighted by Crippen LogP contribution is -2.44. The van der Waals surface area contributed by atoms with E-state index >= 15 is 0 Å². The number of pyridine rings is 2. The third-order valence-electron chi connectivity index (χ3n) is 5.50. The molecule has 1 saturated heterocycles. The average molecular weight is 470 g/mol. The molecule has 10 nitrogen and oxygen atoms in total. The van der Waals surface area contributed by atoms with Gasteiger partial charge in [0.2, 0.25) is 5.43 Å². The van der Waals surface area contributed by atoms with Crippen molar-refractivity contribution < 1.29 is 28.9 Å². The Hall–Kier alpha value is -3.83. The minimum absolute atomic E-state index is 0.108. The third kappa shape index (κ3) is 4.61. The Morgan fingerprint density at radius 2 is 1.91 bits per heavy atom. The highest BCUT2D eigenvalue weighted by molar-refractivity contribution is 5.93. The van der Waals surface area contributed by atoms with Crippen LogP contribution in [0.1, 0.15) is 28.9 Å². The van der Waals surface area contributed by atoms with Gasteiger partial charge in [0.25, 0.3) is 0 Å². The molecule has 0 bridgehead atoms. The fraction of sp³-hybridized carbons (Fsp3) is 0.304.